The van der Waals surface area contributed by atoms with E-state index in [-0.39, 0.29) is 22.1 Å². The van der Waals surface area contributed by atoms with E-state index in [0.29, 0.717) is 11.5 Å². The first kappa shape index (κ1) is 20.7. The van der Waals surface area contributed by atoms with Crippen LogP contribution in [0.2, 0.25) is 0 Å². The Bertz CT molecular complexity index is 1140. The maximum Gasteiger partial charge on any atom is 0.251 e. The molecule has 10 heteroatoms. The minimum Gasteiger partial charge on any atom is -0.495 e. The van der Waals surface area contributed by atoms with Gasteiger partial charge in [-0.15, -0.1) is 10.2 Å². The first-order valence-electron chi connectivity index (χ1n) is 9.00. The van der Waals surface area contributed by atoms with Gasteiger partial charge in [0, 0.05) is 11.8 Å². The molecule has 0 radical (unpaired) electrons. The highest BCUT2D eigenvalue weighted by molar-refractivity contribution is 7.89. The Labute approximate surface area is 169 Å². The molecule has 2 aromatic heterocycles. The van der Waals surface area contributed by atoms with Gasteiger partial charge in [-0.3, -0.25) is 9.20 Å². The van der Waals surface area contributed by atoms with E-state index in [1.807, 2.05) is 42.6 Å². The number of fused-ring (bicyclic) bond motifs is 1. The predicted octanol–water partition coefficient (Wildman–Crippen LogP) is 1.77. The highest BCUT2D eigenvalue weighted by Gasteiger charge is 2.26. The van der Waals surface area contributed by atoms with Gasteiger partial charge in [-0.05, 0) is 43.3 Å². The van der Waals surface area contributed by atoms with Crippen molar-refractivity contribution in [2.45, 2.75) is 24.8 Å². The highest BCUT2D eigenvalue weighted by atomic mass is 32.2. The molecule has 1 aromatic carbocycles. The number of sulfonamides is 1. The van der Waals surface area contributed by atoms with E-state index in [9.17, 15) is 13.2 Å². The highest BCUT2D eigenvalue weighted by Crippen LogP contribution is 2.26. The Hall–Kier alpha value is -2.98. The Balaban J connectivity index is 1.96. The van der Waals surface area contributed by atoms with Crippen LogP contribution in [0.4, 0.5) is 0 Å². The number of methoxy groups -OCH3 is 1. The van der Waals surface area contributed by atoms with Gasteiger partial charge in [0.2, 0.25) is 10.0 Å². The van der Waals surface area contributed by atoms with E-state index in [1.165, 1.54) is 32.4 Å². The molecule has 2 N–H and O–H groups in total. The lowest BCUT2D eigenvalue weighted by molar-refractivity contribution is 0.0922. The van der Waals surface area contributed by atoms with Gasteiger partial charge in [0.25, 0.3) is 5.91 Å². The SMILES string of the molecule is CNS(=O)(=O)c1cc(C(=O)N[C@H](c2nnc3ccccn23)C(C)C)ccc1OC. The average Bonchev–Trinajstić information content (AvgIpc) is 3.14. The van der Waals surface area contributed by atoms with Crippen LogP contribution in [0.25, 0.3) is 5.65 Å². The fraction of sp³-hybridized carbons (Fsp3) is 0.316. The quantitative estimate of drug-likeness (QED) is 0.606. The van der Waals surface area contributed by atoms with E-state index in [2.05, 4.69) is 20.2 Å². The van der Waals surface area contributed by atoms with Crippen molar-refractivity contribution in [3.05, 3.63) is 54.0 Å². The smallest absolute Gasteiger partial charge is 0.251 e. The first-order chi connectivity index (χ1) is 13.8. The number of nitrogens with zero attached hydrogens (tertiary/aromatic N) is 3. The van der Waals surface area contributed by atoms with Crippen molar-refractivity contribution >= 4 is 21.6 Å². The van der Waals surface area contributed by atoms with E-state index >= 15 is 0 Å². The molecule has 0 saturated carbocycles. The summed E-state index contributed by atoms with van der Waals surface area (Å²) < 4.78 is 33.7. The molecule has 9 nitrogen and oxygen atoms in total. The fourth-order valence-electron chi connectivity index (χ4n) is 2.96. The summed E-state index contributed by atoms with van der Waals surface area (Å²) in [5, 5.41) is 11.3. The Kier molecular flexibility index (Phi) is 5.85. The number of pyridine rings is 1. The average molecular weight is 417 g/mol. The van der Waals surface area contributed by atoms with Gasteiger partial charge < -0.3 is 10.1 Å². The summed E-state index contributed by atoms with van der Waals surface area (Å²) in [6.45, 7) is 3.92. The van der Waals surface area contributed by atoms with Crippen molar-refractivity contribution in [1.82, 2.24) is 24.6 Å². The summed E-state index contributed by atoms with van der Waals surface area (Å²) >= 11 is 0. The van der Waals surface area contributed by atoms with Crippen LogP contribution >= 0.6 is 0 Å². The molecule has 29 heavy (non-hydrogen) atoms. The Morgan fingerprint density at radius 2 is 1.93 bits per heavy atom. The van der Waals surface area contributed by atoms with Gasteiger partial charge >= 0.3 is 0 Å². The number of nitrogens with one attached hydrogen (secondary N) is 2. The second kappa shape index (κ2) is 8.18. The first-order valence-corrected chi connectivity index (χ1v) is 10.5. The van der Waals surface area contributed by atoms with Gasteiger partial charge in [0.15, 0.2) is 11.5 Å². The van der Waals surface area contributed by atoms with Crippen LogP contribution in [-0.4, -0.2) is 43.1 Å². The summed E-state index contributed by atoms with van der Waals surface area (Å²) in [4.78, 5) is 12.8. The summed E-state index contributed by atoms with van der Waals surface area (Å²) in [6.07, 6.45) is 1.83. The molecule has 0 bridgehead atoms. The molecular formula is C19H23N5O4S. The fourth-order valence-corrected chi connectivity index (χ4v) is 3.88. The van der Waals surface area contributed by atoms with E-state index in [4.69, 9.17) is 4.74 Å². The zero-order valence-electron chi connectivity index (χ0n) is 16.6. The maximum absolute atomic E-state index is 12.9. The normalized spacial score (nSPS) is 12.9. The zero-order valence-corrected chi connectivity index (χ0v) is 17.4. The number of carbonyl (C=O) groups excluding carboxylic acids is 1. The third-order valence-corrected chi connectivity index (χ3v) is 5.99. The number of rotatable bonds is 7. The van der Waals surface area contributed by atoms with E-state index in [1.54, 1.807) is 0 Å². The van der Waals surface area contributed by atoms with E-state index < -0.39 is 22.0 Å². The van der Waals surface area contributed by atoms with Gasteiger partial charge in [0.1, 0.15) is 10.6 Å². The van der Waals surface area contributed by atoms with Crippen LogP contribution in [-0.2, 0) is 10.0 Å². The standard InChI is InChI=1S/C19H23N5O4S/c1-12(2)17(18-23-22-16-7-5-6-10-24(16)18)21-19(25)13-8-9-14(28-4)15(11-13)29(26,27)20-3/h5-12,17,20H,1-4H3,(H,21,25)/t17-/m0/s1. The number of ether oxygens (including phenoxy) is 1. The largest absolute Gasteiger partial charge is 0.495 e. The zero-order chi connectivity index (χ0) is 21.2. The van der Waals surface area contributed by atoms with Crippen LogP contribution in [0.15, 0.2) is 47.5 Å². The van der Waals surface area contributed by atoms with Crippen LogP contribution in [0.1, 0.15) is 36.1 Å². The predicted molar refractivity (Wildman–Crippen MR) is 107 cm³/mol. The molecule has 0 unspecified atom stereocenters. The third-order valence-electron chi connectivity index (χ3n) is 4.56. The lowest BCUT2D eigenvalue weighted by Gasteiger charge is -2.21. The van der Waals surface area contributed by atoms with Gasteiger partial charge in [-0.2, -0.15) is 0 Å². The molecule has 154 valence electrons. The molecule has 3 rings (SSSR count). The molecule has 1 amide bonds. The topological polar surface area (TPSA) is 115 Å². The lowest BCUT2D eigenvalue weighted by Crippen LogP contribution is -2.33. The number of carbonyl (C=O) groups is 1. The molecule has 0 saturated heterocycles. The lowest BCUT2D eigenvalue weighted by atomic mass is 10.0. The molecule has 0 aliphatic rings. The van der Waals surface area contributed by atoms with Crippen LogP contribution < -0.4 is 14.8 Å². The maximum atomic E-state index is 12.9. The molecule has 0 fully saturated rings. The summed E-state index contributed by atoms with van der Waals surface area (Å²) in [7, 11) is -1.13. The summed E-state index contributed by atoms with van der Waals surface area (Å²) in [5.41, 5.74) is 0.869. The number of aromatic nitrogens is 3. The van der Waals surface area contributed by atoms with Crippen molar-refractivity contribution < 1.29 is 17.9 Å². The Morgan fingerprint density at radius 1 is 1.17 bits per heavy atom. The molecule has 0 aliphatic carbocycles. The van der Waals surface area contributed by atoms with Crippen LogP contribution in [0, 0.1) is 5.92 Å². The molecular weight excluding hydrogens is 394 g/mol. The summed E-state index contributed by atoms with van der Waals surface area (Å²) in [5.74, 6) is 0.345. The minimum absolute atomic E-state index is 0.0188. The minimum atomic E-state index is -3.80. The van der Waals surface area contributed by atoms with Crippen molar-refractivity contribution in [2.75, 3.05) is 14.2 Å². The van der Waals surface area contributed by atoms with Crippen molar-refractivity contribution in [2.24, 2.45) is 5.92 Å². The Morgan fingerprint density at radius 3 is 2.59 bits per heavy atom. The van der Waals surface area contributed by atoms with Crippen molar-refractivity contribution in [1.29, 1.82) is 0 Å². The van der Waals surface area contributed by atoms with Gasteiger partial charge in [-0.1, -0.05) is 19.9 Å². The van der Waals surface area contributed by atoms with Gasteiger partial charge in [-0.25, -0.2) is 13.1 Å². The molecule has 3 aromatic rings. The van der Waals surface area contributed by atoms with Crippen LogP contribution in [0.5, 0.6) is 5.75 Å². The number of hydrogen-bond acceptors (Lipinski definition) is 6. The second-order valence-electron chi connectivity index (χ2n) is 6.76. The van der Waals surface area contributed by atoms with E-state index in [0.717, 1.165) is 0 Å². The van der Waals surface area contributed by atoms with Crippen LogP contribution in [0.3, 0.4) is 0 Å². The molecule has 0 aliphatic heterocycles. The molecule has 2 heterocycles. The number of hydrogen-bond donors (Lipinski definition) is 2. The van der Waals surface area contributed by atoms with Gasteiger partial charge in [0.05, 0.1) is 13.2 Å². The molecule has 1 atom stereocenters. The summed E-state index contributed by atoms with van der Waals surface area (Å²) in [6, 6.07) is 9.38. The van der Waals surface area contributed by atoms with Crippen molar-refractivity contribution in [3.63, 3.8) is 0 Å². The van der Waals surface area contributed by atoms with Crippen molar-refractivity contribution in [3.8, 4) is 5.75 Å². The monoisotopic (exact) mass is 417 g/mol. The number of benzene rings is 1. The second-order valence-corrected chi connectivity index (χ2v) is 8.61. The third kappa shape index (κ3) is 4.08. The molecule has 0 spiro atoms. The number of amides is 1.